The van der Waals surface area contributed by atoms with Crippen LogP contribution in [0.2, 0.25) is 0 Å². The van der Waals surface area contributed by atoms with Crippen molar-refractivity contribution < 1.29 is 9.18 Å². The average molecular weight is 296 g/mol. The lowest BCUT2D eigenvalue weighted by Crippen LogP contribution is -2.51. The maximum atomic E-state index is 13.7. The van der Waals surface area contributed by atoms with E-state index in [2.05, 4.69) is 31.4 Å². The van der Waals surface area contributed by atoms with Crippen molar-refractivity contribution in [3.05, 3.63) is 29.6 Å². The van der Waals surface area contributed by atoms with Gasteiger partial charge in [0.25, 0.3) is 5.91 Å². The first-order valence-corrected chi connectivity index (χ1v) is 7.49. The van der Waals surface area contributed by atoms with Gasteiger partial charge in [-0.2, -0.15) is 0 Å². The Hall–Kier alpha value is -1.07. The van der Waals surface area contributed by atoms with E-state index in [0.717, 1.165) is 19.5 Å². The summed E-state index contributed by atoms with van der Waals surface area (Å²) in [5.74, 6) is -0.709. The predicted octanol–water partition coefficient (Wildman–Crippen LogP) is 2.67. The minimum Gasteiger partial charge on any atom is -0.336 e. The average Bonchev–Trinajstić information content (AvgIpc) is 2.48. The molecular weight excluding hydrogens is 275 g/mol. The molecule has 0 aliphatic carbocycles. The molecule has 0 spiro atoms. The monoisotopic (exact) mass is 296 g/mol. The normalized spacial score (nSPS) is 18.1. The maximum absolute atomic E-state index is 13.7. The number of hydrogen-bond acceptors (Lipinski definition) is 3. The molecule has 1 amide bonds. The minimum atomic E-state index is -0.475. The Morgan fingerprint density at radius 3 is 2.60 bits per heavy atom. The van der Waals surface area contributed by atoms with Crippen LogP contribution in [-0.2, 0) is 0 Å². The molecule has 1 heterocycles. The fourth-order valence-corrected chi connectivity index (χ4v) is 2.68. The van der Waals surface area contributed by atoms with Crippen LogP contribution in [0.4, 0.5) is 4.39 Å². The Kier molecular flexibility index (Phi) is 5.05. The van der Waals surface area contributed by atoms with Crippen LogP contribution < -0.4 is 0 Å². The van der Waals surface area contributed by atoms with Crippen LogP contribution in [-0.4, -0.2) is 47.9 Å². The third kappa shape index (κ3) is 3.33. The van der Waals surface area contributed by atoms with E-state index in [4.69, 9.17) is 0 Å². The van der Waals surface area contributed by atoms with Crippen LogP contribution in [0.15, 0.2) is 23.1 Å². The van der Waals surface area contributed by atoms with Gasteiger partial charge in [-0.15, -0.1) is 12.6 Å². The third-order valence-electron chi connectivity index (χ3n) is 4.00. The van der Waals surface area contributed by atoms with Gasteiger partial charge < -0.3 is 4.90 Å². The van der Waals surface area contributed by atoms with Crippen molar-refractivity contribution in [1.82, 2.24) is 9.80 Å². The number of nitrogens with zero attached hydrogens (tertiary/aromatic N) is 2. The van der Waals surface area contributed by atoms with E-state index in [1.165, 1.54) is 12.1 Å². The van der Waals surface area contributed by atoms with Gasteiger partial charge in [0.1, 0.15) is 5.82 Å². The van der Waals surface area contributed by atoms with Crippen molar-refractivity contribution in [3.8, 4) is 0 Å². The van der Waals surface area contributed by atoms with Gasteiger partial charge in [0, 0.05) is 37.1 Å². The van der Waals surface area contributed by atoms with E-state index in [1.807, 2.05) is 0 Å². The molecule has 1 atom stereocenters. The smallest absolute Gasteiger partial charge is 0.256 e. The fraction of sp³-hybridized carbons (Fsp3) is 0.533. The molecule has 20 heavy (non-hydrogen) atoms. The first kappa shape index (κ1) is 15.3. The lowest BCUT2D eigenvalue weighted by Gasteiger charge is -2.37. The Bertz CT molecular complexity index is 487. The Morgan fingerprint density at radius 2 is 2.00 bits per heavy atom. The number of carbonyl (C=O) groups is 1. The number of amides is 1. The standard InChI is InChI=1S/C15H21FN2OS/c1-3-11(2)17-6-8-18(9-7-17)15(19)13-10-12(20)4-5-14(13)16/h4-5,10-11,20H,3,6-9H2,1-2H3. The van der Waals surface area contributed by atoms with E-state index < -0.39 is 5.82 Å². The molecule has 0 saturated carbocycles. The Labute approximate surface area is 125 Å². The molecule has 1 fully saturated rings. The molecule has 1 aliphatic heterocycles. The number of halogens is 1. The molecule has 1 unspecified atom stereocenters. The summed E-state index contributed by atoms with van der Waals surface area (Å²) in [7, 11) is 0. The summed E-state index contributed by atoms with van der Waals surface area (Å²) >= 11 is 4.17. The first-order chi connectivity index (χ1) is 9.52. The molecular formula is C15H21FN2OS. The van der Waals surface area contributed by atoms with Crippen molar-refractivity contribution in [2.24, 2.45) is 0 Å². The summed E-state index contributed by atoms with van der Waals surface area (Å²) in [5, 5.41) is 0. The molecule has 110 valence electrons. The van der Waals surface area contributed by atoms with Crippen molar-refractivity contribution in [1.29, 1.82) is 0 Å². The molecule has 1 saturated heterocycles. The second-order valence-corrected chi connectivity index (χ2v) is 5.77. The van der Waals surface area contributed by atoms with Crippen molar-refractivity contribution in [3.63, 3.8) is 0 Å². The van der Waals surface area contributed by atoms with E-state index in [0.29, 0.717) is 24.0 Å². The third-order valence-corrected chi connectivity index (χ3v) is 4.27. The maximum Gasteiger partial charge on any atom is 0.256 e. The van der Waals surface area contributed by atoms with E-state index in [9.17, 15) is 9.18 Å². The molecule has 0 N–H and O–H groups in total. The minimum absolute atomic E-state index is 0.120. The SMILES string of the molecule is CCC(C)N1CCN(C(=O)c2cc(S)ccc2F)CC1. The molecule has 0 radical (unpaired) electrons. The zero-order chi connectivity index (χ0) is 14.7. The highest BCUT2D eigenvalue weighted by Gasteiger charge is 2.25. The summed E-state index contributed by atoms with van der Waals surface area (Å²) < 4.78 is 13.7. The molecule has 2 rings (SSSR count). The van der Waals surface area contributed by atoms with Crippen LogP contribution in [0.5, 0.6) is 0 Å². The summed E-state index contributed by atoms with van der Waals surface area (Å²) in [5.41, 5.74) is 0.120. The van der Waals surface area contributed by atoms with Crippen LogP contribution in [0, 0.1) is 5.82 Å². The lowest BCUT2D eigenvalue weighted by molar-refractivity contribution is 0.0575. The van der Waals surface area contributed by atoms with Crippen LogP contribution in [0.3, 0.4) is 0 Å². The Balaban J connectivity index is 2.03. The summed E-state index contributed by atoms with van der Waals surface area (Å²) in [6.45, 7) is 7.36. The molecule has 1 aliphatic rings. The number of thiol groups is 1. The molecule has 3 nitrogen and oxygen atoms in total. The zero-order valence-corrected chi connectivity index (χ0v) is 12.9. The Morgan fingerprint density at radius 1 is 1.35 bits per heavy atom. The van der Waals surface area contributed by atoms with E-state index in [1.54, 1.807) is 11.0 Å². The first-order valence-electron chi connectivity index (χ1n) is 7.04. The van der Waals surface area contributed by atoms with E-state index in [-0.39, 0.29) is 11.5 Å². The number of piperazine rings is 1. The largest absolute Gasteiger partial charge is 0.336 e. The van der Waals surface area contributed by atoms with E-state index >= 15 is 0 Å². The highest BCUT2D eigenvalue weighted by atomic mass is 32.1. The molecule has 1 aromatic rings. The number of carbonyl (C=O) groups excluding carboxylic acids is 1. The molecule has 0 aromatic heterocycles. The molecule has 0 bridgehead atoms. The van der Waals surface area contributed by atoms with Gasteiger partial charge in [-0.25, -0.2) is 4.39 Å². The fourth-order valence-electron chi connectivity index (χ4n) is 2.47. The number of benzene rings is 1. The summed E-state index contributed by atoms with van der Waals surface area (Å²) in [6.07, 6.45) is 1.10. The second-order valence-electron chi connectivity index (χ2n) is 5.25. The summed E-state index contributed by atoms with van der Waals surface area (Å²) in [4.78, 5) is 17.1. The van der Waals surface area contributed by atoms with Gasteiger partial charge in [0.15, 0.2) is 0 Å². The van der Waals surface area contributed by atoms with Gasteiger partial charge in [-0.05, 0) is 31.5 Å². The quantitative estimate of drug-likeness (QED) is 0.867. The number of hydrogen-bond donors (Lipinski definition) is 1. The van der Waals surface area contributed by atoms with Crippen molar-refractivity contribution >= 4 is 18.5 Å². The van der Waals surface area contributed by atoms with Gasteiger partial charge >= 0.3 is 0 Å². The van der Waals surface area contributed by atoms with Crippen molar-refractivity contribution in [2.75, 3.05) is 26.2 Å². The molecule has 1 aromatic carbocycles. The lowest BCUT2D eigenvalue weighted by atomic mass is 10.1. The topological polar surface area (TPSA) is 23.6 Å². The highest BCUT2D eigenvalue weighted by Crippen LogP contribution is 2.17. The zero-order valence-electron chi connectivity index (χ0n) is 12.0. The van der Waals surface area contributed by atoms with Gasteiger partial charge in [0.05, 0.1) is 5.56 Å². The second kappa shape index (κ2) is 6.59. The van der Waals surface area contributed by atoms with Crippen LogP contribution in [0.1, 0.15) is 30.6 Å². The van der Waals surface area contributed by atoms with Crippen LogP contribution >= 0.6 is 12.6 Å². The van der Waals surface area contributed by atoms with Crippen LogP contribution in [0.25, 0.3) is 0 Å². The molecule has 5 heteroatoms. The predicted molar refractivity (Wildman–Crippen MR) is 80.9 cm³/mol. The van der Waals surface area contributed by atoms with Gasteiger partial charge in [0.2, 0.25) is 0 Å². The summed E-state index contributed by atoms with van der Waals surface area (Å²) in [6, 6.07) is 4.88. The van der Waals surface area contributed by atoms with Gasteiger partial charge in [-0.3, -0.25) is 9.69 Å². The number of rotatable bonds is 3. The van der Waals surface area contributed by atoms with Gasteiger partial charge in [-0.1, -0.05) is 6.92 Å². The highest BCUT2D eigenvalue weighted by molar-refractivity contribution is 7.80. The van der Waals surface area contributed by atoms with Crippen molar-refractivity contribution in [2.45, 2.75) is 31.2 Å².